The van der Waals surface area contributed by atoms with Crippen molar-refractivity contribution in [2.24, 2.45) is 0 Å². The summed E-state index contributed by atoms with van der Waals surface area (Å²) in [6, 6.07) is 24.0. The van der Waals surface area contributed by atoms with Gasteiger partial charge in [-0.1, -0.05) is 60.1 Å². The van der Waals surface area contributed by atoms with Gasteiger partial charge in [-0.05, 0) is 47.5 Å². The summed E-state index contributed by atoms with van der Waals surface area (Å²) in [5.41, 5.74) is 4.22. The number of ether oxygens (including phenoxy) is 1. The van der Waals surface area contributed by atoms with E-state index in [1.165, 1.54) is 0 Å². The largest absolute Gasteiger partial charge is 1.00 e. The Kier molecular flexibility index (Phi) is 6.40. The van der Waals surface area contributed by atoms with Gasteiger partial charge in [0, 0.05) is 5.02 Å². The first kappa shape index (κ1) is 20.0. The van der Waals surface area contributed by atoms with E-state index in [0.717, 1.165) is 38.8 Å². The number of aromatic nitrogens is 2. The SMILES string of the molecule is COc1ccc(/C=C/c2nc3ccccc3n2Cc2ccccc2Cl)cc1.[Cl-]. The van der Waals surface area contributed by atoms with Crippen LogP contribution < -0.4 is 17.1 Å². The molecule has 0 aliphatic carbocycles. The second kappa shape index (κ2) is 8.96. The van der Waals surface area contributed by atoms with Crippen LogP contribution in [0.1, 0.15) is 17.0 Å². The van der Waals surface area contributed by atoms with Gasteiger partial charge in [0.25, 0.3) is 0 Å². The summed E-state index contributed by atoms with van der Waals surface area (Å²) in [4.78, 5) is 4.80. The number of imidazole rings is 1. The first-order valence-electron chi connectivity index (χ1n) is 8.75. The topological polar surface area (TPSA) is 27.1 Å². The van der Waals surface area contributed by atoms with Crippen LogP contribution >= 0.6 is 11.6 Å². The minimum Gasteiger partial charge on any atom is -1.00 e. The molecule has 4 aromatic rings. The summed E-state index contributed by atoms with van der Waals surface area (Å²) in [7, 11) is 1.67. The van der Waals surface area contributed by atoms with E-state index < -0.39 is 0 Å². The fraction of sp³-hybridized carbons (Fsp3) is 0.0870. The second-order valence-electron chi connectivity index (χ2n) is 6.24. The number of benzene rings is 3. The summed E-state index contributed by atoms with van der Waals surface area (Å²) < 4.78 is 7.41. The summed E-state index contributed by atoms with van der Waals surface area (Å²) in [5.74, 6) is 1.74. The van der Waals surface area contributed by atoms with E-state index >= 15 is 0 Å². The van der Waals surface area contributed by atoms with Crippen molar-refractivity contribution in [3.63, 3.8) is 0 Å². The van der Waals surface area contributed by atoms with E-state index in [4.69, 9.17) is 21.3 Å². The Balaban J connectivity index is 0.00000225. The molecule has 0 fully saturated rings. The molecule has 0 radical (unpaired) electrons. The molecule has 0 spiro atoms. The van der Waals surface area contributed by atoms with Gasteiger partial charge >= 0.3 is 0 Å². The molecule has 4 rings (SSSR count). The quantitative estimate of drug-likeness (QED) is 0.506. The van der Waals surface area contributed by atoms with Crippen LogP contribution in [0, 0.1) is 0 Å². The smallest absolute Gasteiger partial charge is 0.134 e. The lowest BCUT2D eigenvalue weighted by molar-refractivity contribution is -0.00000554. The van der Waals surface area contributed by atoms with Crippen molar-refractivity contribution in [3.8, 4) is 5.75 Å². The highest BCUT2D eigenvalue weighted by atomic mass is 35.5. The number of hydrogen-bond acceptors (Lipinski definition) is 2. The highest BCUT2D eigenvalue weighted by Gasteiger charge is 2.10. The van der Waals surface area contributed by atoms with Gasteiger partial charge in [0.1, 0.15) is 11.6 Å². The number of methoxy groups -OCH3 is 1. The predicted molar refractivity (Wildman–Crippen MR) is 112 cm³/mol. The minimum absolute atomic E-state index is 0. The lowest BCUT2D eigenvalue weighted by atomic mass is 10.2. The Bertz CT molecular complexity index is 1100. The maximum Gasteiger partial charge on any atom is 0.134 e. The van der Waals surface area contributed by atoms with Crippen LogP contribution in [0.3, 0.4) is 0 Å². The number of halogens is 2. The van der Waals surface area contributed by atoms with Crippen LogP contribution in [0.5, 0.6) is 5.75 Å². The molecule has 1 aromatic heterocycles. The van der Waals surface area contributed by atoms with Crippen molar-refractivity contribution in [3.05, 3.63) is 94.8 Å². The molecule has 3 nitrogen and oxygen atoms in total. The standard InChI is InChI=1S/C23H19ClN2O.ClH/c1-27-19-13-10-17(11-14-19)12-15-23-25-21-8-4-5-9-22(21)26(23)16-18-6-2-3-7-20(18)24;/h2-15H,16H2,1H3;1H/p-1/b15-12+;. The first-order valence-corrected chi connectivity index (χ1v) is 9.13. The number of nitrogens with zero attached hydrogens (tertiary/aromatic N) is 2. The molecule has 0 aliphatic heterocycles. The van der Waals surface area contributed by atoms with Crippen molar-refractivity contribution >= 4 is 34.8 Å². The molecule has 0 saturated heterocycles. The third kappa shape index (κ3) is 4.22. The van der Waals surface area contributed by atoms with Gasteiger partial charge in [-0.2, -0.15) is 0 Å². The van der Waals surface area contributed by atoms with Crippen LogP contribution in [0.2, 0.25) is 5.02 Å². The van der Waals surface area contributed by atoms with E-state index in [2.05, 4.69) is 16.7 Å². The summed E-state index contributed by atoms with van der Waals surface area (Å²) in [6.45, 7) is 0.669. The molecule has 0 bridgehead atoms. The Morgan fingerprint density at radius 3 is 2.39 bits per heavy atom. The molecule has 0 N–H and O–H groups in total. The normalized spacial score (nSPS) is 10.9. The maximum atomic E-state index is 6.38. The number of hydrogen-bond donors (Lipinski definition) is 0. The van der Waals surface area contributed by atoms with Crippen molar-refractivity contribution in [2.45, 2.75) is 6.54 Å². The van der Waals surface area contributed by atoms with E-state index in [0.29, 0.717) is 6.54 Å². The van der Waals surface area contributed by atoms with Gasteiger partial charge in [0.05, 0.1) is 24.7 Å². The van der Waals surface area contributed by atoms with Crippen molar-refractivity contribution in [1.29, 1.82) is 0 Å². The van der Waals surface area contributed by atoms with Gasteiger partial charge in [0.15, 0.2) is 0 Å². The molecule has 1 heterocycles. The Hall–Kier alpha value is -2.75. The van der Waals surface area contributed by atoms with Gasteiger partial charge in [-0.3, -0.25) is 0 Å². The second-order valence-corrected chi connectivity index (χ2v) is 6.65. The maximum absolute atomic E-state index is 6.38. The predicted octanol–water partition coefficient (Wildman–Crippen LogP) is 2.92. The third-order valence-corrected chi connectivity index (χ3v) is 4.88. The van der Waals surface area contributed by atoms with Crippen molar-refractivity contribution < 1.29 is 17.1 Å². The summed E-state index contributed by atoms with van der Waals surface area (Å²) in [6.07, 6.45) is 4.10. The Labute approximate surface area is 175 Å². The number of fused-ring (bicyclic) bond motifs is 1. The van der Waals surface area contributed by atoms with Crippen LogP contribution in [-0.4, -0.2) is 16.7 Å². The zero-order valence-corrected chi connectivity index (χ0v) is 16.9. The number of para-hydroxylation sites is 2. The molecular weight excluding hydrogens is 391 g/mol. The molecular formula is C23H19Cl2N2O-. The highest BCUT2D eigenvalue weighted by molar-refractivity contribution is 6.31. The molecule has 0 aliphatic rings. The lowest BCUT2D eigenvalue weighted by Crippen LogP contribution is -3.00. The van der Waals surface area contributed by atoms with Gasteiger partial charge < -0.3 is 21.7 Å². The highest BCUT2D eigenvalue weighted by Crippen LogP contribution is 2.23. The molecule has 0 unspecified atom stereocenters. The molecule has 0 atom stereocenters. The van der Waals surface area contributed by atoms with E-state index in [9.17, 15) is 0 Å². The molecule has 0 saturated carbocycles. The van der Waals surface area contributed by atoms with Gasteiger partial charge in [0.2, 0.25) is 0 Å². The van der Waals surface area contributed by atoms with Crippen LogP contribution in [-0.2, 0) is 6.54 Å². The average Bonchev–Trinajstić information content (AvgIpc) is 3.06. The third-order valence-electron chi connectivity index (χ3n) is 4.51. The fourth-order valence-corrected chi connectivity index (χ4v) is 3.27. The van der Waals surface area contributed by atoms with E-state index in [-0.39, 0.29) is 12.4 Å². The lowest BCUT2D eigenvalue weighted by Gasteiger charge is -2.09. The van der Waals surface area contributed by atoms with E-state index in [1.54, 1.807) is 7.11 Å². The Morgan fingerprint density at radius 2 is 1.64 bits per heavy atom. The molecule has 28 heavy (non-hydrogen) atoms. The minimum atomic E-state index is 0. The fourth-order valence-electron chi connectivity index (χ4n) is 3.07. The molecule has 142 valence electrons. The molecule has 0 amide bonds. The zero-order valence-electron chi connectivity index (χ0n) is 15.3. The molecule has 3 aromatic carbocycles. The first-order chi connectivity index (χ1) is 13.2. The average molecular weight is 410 g/mol. The molecule has 5 heteroatoms. The van der Waals surface area contributed by atoms with Gasteiger partial charge in [-0.25, -0.2) is 4.98 Å². The van der Waals surface area contributed by atoms with Crippen molar-refractivity contribution in [1.82, 2.24) is 9.55 Å². The van der Waals surface area contributed by atoms with Crippen molar-refractivity contribution in [2.75, 3.05) is 7.11 Å². The Morgan fingerprint density at radius 1 is 0.929 bits per heavy atom. The van der Waals surface area contributed by atoms with Crippen LogP contribution in [0.15, 0.2) is 72.8 Å². The van der Waals surface area contributed by atoms with Gasteiger partial charge in [-0.15, -0.1) is 0 Å². The van der Waals surface area contributed by atoms with Crippen LogP contribution in [0.25, 0.3) is 23.2 Å². The van der Waals surface area contributed by atoms with E-state index in [1.807, 2.05) is 72.8 Å². The monoisotopic (exact) mass is 409 g/mol. The van der Waals surface area contributed by atoms with Crippen LogP contribution in [0.4, 0.5) is 0 Å². The zero-order chi connectivity index (χ0) is 18.6. The number of rotatable bonds is 5. The summed E-state index contributed by atoms with van der Waals surface area (Å²) in [5, 5.41) is 0.764. The summed E-state index contributed by atoms with van der Waals surface area (Å²) >= 11 is 6.38.